The van der Waals surface area contributed by atoms with Crippen LogP contribution in [0.3, 0.4) is 0 Å². The summed E-state index contributed by atoms with van der Waals surface area (Å²) >= 11 is 0.753. The van der Waals surface area contributed by atoms with E-state index in [0.717, 1.165) is 30.0 Å². The Balaban J connectivity index is 1.71. The second-order valence-corrected chi connectivity index (χ2v) is 8.44. The molecule has 0 bridgehead atoms. The molecule has 0 radical (unpaired) electrons. The van der Waals surface area contributed by atoms with Crippen LogP contribution < -0.4 is 5.32 Å². The lowest BCUT2D eigenvalue weighted by Gasteiger charge is -2.11. The lowest BCUT2D eigenvalue weighted by molar-refractivity contribution is -0.146. The van der Waals surface area contributed by atoms with Crippen LogP contribution in [0.4, 0.5) is 8.78 Å². The number of thioether (sulfide) groups is 1. The Bertz CT molecular complexity index is 739. The van der Waals surface area contributed by atoms with E-state index in [-0.39, 0.29) is 22.2 Å². The summed E-state index contributed by atoms with van der Waals surface area (Å²) in [6.45, 7) is -0.554. The van der Waals surface area contributed by atoms with Crippen molar-refractivity contribution in [2.45, 2.75) is 17.4 Å². The van der Waals surface area contributed by atoms with Crippen LogP contribution in [0.25, 0.3) is 0 Å². The summed E-state index contributed by atoms with van der Waals surface area (Å²) < 4.78 is 53.6. The van der Waals surface area contributed by atoms with Crippen LogP contribution in [0.1, 0.15) is 6.42 Å². The molecule has 1 N–H and O–H groups in total. The smallest absolute Gasteiger partial charge is 0.316 e. The van der Waals surface area contributed by atoms with Crippen LogP contribution in [0, 0.1) is 11.6 Å². The monoisotopic (exact) mass is 379 g/mol. The fraction of sp³-hybridized carbons (Fsp3) is 0.429. The molecular weight excluding hydrogens is 364 g/mol. The standard InChI is InChI=1S/C14H15F2NO5S2/c15-9-1-2-11(16)12(5-9)23-7-14(19)22-6-13(18)17-10-3-4-24(20,21)8-10/h1-2,5,10H,3-4,6-8H2,(H,17,18)/t10-/m0/s1. The second kappa shape index (κ2) is 7.93. The molecule has 1 aromatic carbocycles. The SMILES string of the molecule is O=C(COC(=O)CSc1cc(F)ccc1F)N[C@H]1CCS(=O)(=O)C1. The molecule has 0 saturated carbocycles. The summed E-state index contributed by atoms with van der Waals surface area (Å²) in [7, 11) is -3.11. The molecule has 0 aliphatic carbocycles. The third-order valence-electron chi connectivity index (χ3n) is 3.20. The van der Waals surface area contributed by atoms with Gasteiger partial charge in [-0.2, -0.15) is 0 Å². The van der Waals surface area contributed by atoms with Gasteiger partial charge in [0.25, 0.3) is 5.91 Å². The summed E-state index contributed by atoms with van der Waals surface area (Å²) in [5.41, 5.74) is 0. The maximum Gasteiger partial charge on any atom is 0.316 e. The van der Waals surface area contributed by atoms with E-state index in [9.17, 15) is 26.8 Å². The molecule has 1 amide bonds. The molecule has 0 unspecified atom stereocenters. The number of rotatable bonds is 6. The summed E-state index contributed by atoms with van der Waals surface area (Å²) in [5, 5.41) is 2.47. The molecule has 0 aromatic heterocycles. The van der Waals surface area contributed by atoms with Crippen LogP contribution in [0.5, 0.6) is 0 Å². The molecule has 1 aliphatic rings. The lowest BCUT2D eigenvalue weighted by atomic mass is 10.2. The van der Waals surface area contributed by atoms with Crippen LogP contribution >= 0.6 is 11.8 Å². The number of amides is 1. The molecule has 1 aromatic rings. The molecule has 6 nitrogen and oxygen atoms in total. The molecule has 1 saturated heterocycles. The minimum Gasteiger partial charge on any atom is -0.455 e. The topological polar surface area (TPSA) is 89.5 Å². The number of carbonyl (C=O) groups is 2. The molecule has 1 fully saturated rings. The van der Waals surface area contributed by atoms with E-state index in [1.807, 2.05) is 0 Å². The van der Waals surface area contributed by atoms with Crippen molar-refractivity contribution in [3.63, 3.8) is 0 Å². The van der Waals surface area contributed by atoms with Gasteiger partial charge in [0.15, 0.2) is 16.4 Å². The van der Waals surface area contributed by atoms with Crippen molar-refractivity contribution in [2.75, 3.05) is 23.9 Å². The minimum atomic E-state index is -3.11. The Morgan fingerprint density at radius 3 is 2.75 bits per heavy atom. The van der Waals surface area contributed by atoms with Gasteiger partial charge in [0.05, 0.1) is 17.3 Å². The lowest BCUT2D eigenvalue weighted by Crippen LogP contribution is -2.38. The van der Waals surface area contributed by atoms with Gasteiger partial charge >= 0.3 is 5.97 Å². The van der Waals surface area contributed by atoms with Crippen molar-refractivity contribution in [1.82, 2.24) is 5.32 Å². The molecule has 1 heterocycles. The first kappa shape index (κ1) is 18.7. The number of benzene rings is 1. The number of halogens is 2. The highest BCUT2D eigenvalue weighted by Gasteiger charge is 2.29. The zero-order chi connectivity index (χ0) is 17.7. The van der Waals surface area contributed by atoms with Gasteiger partial charge < -0.3 is 10.1 Å². The van der Waals surface area contributed by atoms with Gasteiger partial charge in [-0.25, -0.2) is 17.2 Å². The maximum absolute atomic E-state index is 13.4. The van der Waals surface area contributed by atoms with Crippen LogP contribution in [0.15, 0.2) is 23.1 Å². The normalized spacial score (nSPS) is 19.0. The molecule has 1 atom stereocenters. The van der Waals surface area contributed by atoms with Crippen molar-refractivity contribution in [1.29, 1.82) is 0 Å². The largest absolute Gasteiger partial charge is 0.455 e. The van der Waals surface area contributed by atoms with Gasteiger partial charge in [0.2, 0.25) is 0 Å². The number of sulfone groups is 1. The predicted molar refractivity (Wildman–Crippen MR) is 83.2 cm³/mol. The Morgan fingerprint density at radius 1 is 1.33 bits per heavy atom. The van der Waals surface area contributed by atoms with E-state index in [2.05, 4.69) is 5.32 Å². The molecule has 0 spiro atoms. The highest BCUT2D eigenvalue weighted by atomic mass is 32.2. The average Bonchev–Trinajstić information content (AvgIpc) is 2.85. The first-order valence-corrected chi connectivity index (χ1v) is 9.79. The van der Waals surface area contributed by atoms with Crippen LogP contribution in [0.2, 0.25) is 0 Å². The van der Waals surface area contributed by atoms with Crippen LogP contribution in [-0.4, -0.2) is 50.2 Å². The summed E-state index contributed by atoms with van der Waals surface area (Å²) in [4.78, 5) is 23.1. The fourth-order valence-corrected chi connectivity index (χ4v) is 4.52. The van der Waals surface area contributed by atoms with E-state index in [1.54, 1.807) is 0 Å². The number of esters is 1. The van der Waals surface area contributed by atoms with Gasteiger partial charge in [-0.3, -0.25) is 9.59 Å². The van der Waals surface area contributed by atoms with Gasteiger partial charge in [0.1, 0.15) is 11.6 Å². The van der Waals surface area contributed by atoms with Crippen molar-refractivity contribution >= 4 is 33.5 Å². The van der Waals surface area contributed by atoms with Gasteiger partial charge in [0, 0.05) is 10.9 Å². The van der Waals surface area contributed by atoms with E-state index >= 15 is 0 Å². The predicted octanol–water partition coefficient (Wildman–Crippen LogP) is 0.903. The highest BCUT2D eigenvalue weighted by molar-refractivity contribution is 8.00. The Labute approximate surface area is 141 Å². The van der Waals surface area contributed by atoms with Crippen molar-refractivity contribution in [2.24, 2.45) is 0 Å². The Kier molecular flexibility index (Phi) is 6.16. The van der Waals surface area contributed by atoms with Gasteiger partial charge in [-0.15, -0.1) is 11.8 Å². The highest BCUT2D eigenvalue weighted by Crippen LogP contribution is 2.22. The number of nitrogens with one attached hydrogen (secondary N) is 1. The zero-order valence-electron chi connectivity index (χ0n) is 12.5. The molecule has 132 valence electrons. The summed E-state index contributed by atoms with van der Waals surface area (Å²) in [6, 6.07) is 2.40. The molecule has 24 heavy (non-hydrogen) atoms. The number of hydrogen-bond acceptors (Lipinski definition) is 6. The number of ether oxygens (including phenoxy) is 1. The molecule has 10 heteroatoms. The second-order valence-electron chi connectivity index (χ2n) is 5.19. The summed E-state index contributed by atoms with van der Waals surface area (Å²) in [6.07, 6.45) is 0.330. The number of hydrogen-bond donors (Lipinski definition) is 1. The molecule has 1 aliphatic heterocycles. The first-order valence-electron chi connectivity index (χ1n) is 6.98. The minimum absolute atomic E-state index is 0.0214. The number of carbonyl (C=O) groups excluding carboxylic acids is 2. The quantitative estimate of drug-likeness (QED) is 0.584. The zero-order valence-corrected chi connectivity index (χ0v) is 14.1. The van der Waals surface area contributed by atoms with Crippen molar-refractivity contribution < 1.29 is 31.5 Å². The fourth-order valence-electron chi connectivity index (χ4n) is 2.09. The first-order chi connectivity index (χ1) is 11.2. The van der Waals surface area contributed by atoms with Gasteiger partial charge in [-0.05, 0) is 24.6 Å². The molecule has 2 rings (SSSR count). The van der Waals surface area contributed by atoms with Gasteiger partial charge in [-0.1, -0.05) is 0 Å². The third-order valence-corrected chi connectivity index (χ3v) is 5.97. The van der Waals surface area contributed by atoms with E-state index in [0.29, 0.717) is 6.42 Å². The molecular formula is C14H15F2NO5S2. The Hall–Kier alpha value is -1.68. The van der Waals surface area contributed by atoms with E-state index in [4.69, 9.17) is 4.74 Å². The van der Waals surface area contributed by atoms with E-state index < -0.39 is 46.0 Å². The van der Waals surface area contributed by atoms with Crippen molar-refractivity contribution in [3.8, 4) is 0 Å². The van der Waals surface area contributed by atoms with Crippen molar-refractivity contribution in [3.05, 3.63) is 29.8 Å². The Morgan fingerprint density at radius 2 is 2.08 bits per heavy atom. The summed E-state index contributed by atoms with van der Waals surface area (Å²) in [5.74, 6) is -3.04. The van der Waals surface area contributed by atoms with E-state index in [1.165, 1.54) is 0 Å². The average molecular weight is 379 g/mol. The third kappa shape index (κ3) is 5.75. The maximum atomic E-state index is 13.4. The van der Waals surface area contributed by atoms with Crippen LogP contribution in [-0.2, 0) is 24.2 Å².